The van der Waals surface area contributed by atoms with E-state index in [1.54, 1.807) is 17.4 Å². The molecule has 0 radical (unpaired) electrons. The van der Waals surface area contributed by atoms with Crippen LogP contribution in [0.4, 0.5) is 0 Å². The zero-order chi connectivity index (χ0) is 21.0. The smallest absolute Gasteiger partial charge is 0.251 e. The van der Waals surface area contributed by atoms with E-state index in [1.807, 2.05) is 17.0 Å². The Hall–Kier alpha value is -2.44. The molecule has 1 aromatic heterocycles. The number of carbonyl (C=O) groups excluding carboxylic acids is 2. The third kappa shape index (κ3) is 4.35. The third-order valence-electron chi connectivity index (χ3n) is 6.03. The van der Waals surface area contributed by atoms with Gasteiger partial charge in [0.15, 0.2) is 0 Å². The van der Waals surface area contributed by atoms with Gasteiger partial charge in [0.2, 0.25) is 5.91 Å². The van der Waals surface area contributed by atoms with E-state index in [9.17, 15) is 9.59 Å². The van der Waals surface area contributed by atoms with Crippen molar-refractivity contribution in [1.82, 2.24) is 10.2 Å². The Bertz CT molecular complexity index is 905. The SMILES string of the molecule is C=CCNC(=O)[C@@]1(Cc2cccc(-c3cccs3)c2)CCN(C(=O)[C@@H]2CCCO2)C1. The van der Waals surface area contributed by atoms with E-state index in [0.717, 1.165) is 24.0 Å². The number of nitrogens with one attached hydrogen (secondary N) is 1. The molecule has 0 bridgehead atoms. The molecule has 2 aliphatic heterocycles. The van der Waals surface area contributed by atoms with Crippen molar-refractivity contribution in [3.8, 4) is 10.4 Å². The molecule has 0 saturated carbocycles. The first-order valence-corrected chi connectivity index (χ1v) is 11.4. The van der Waals surface area contributed by atoms with Gasteiger partial charge in [0.25, 0.3) is 5.91 Å². The van der Waals surface area contributed by atoms with Gasteiger partial charge in [-0.3, -0.25) is 9.59 Å². The normalized spacial score (nSPS) is 23.5. The van der Waals surface area contributed by atoms with E-state index >= 15 is 0 Å². The Morgan fingerprint density at radius 1 is 1.33 bits per heavy atom. The molecule has 4 rings (SSSR count). The summed E-state index contributed by atoms with van der Waals surface area (Å²) in [6.07, 6.45) is 4.28. The van der Waals surface area contributed by atoms with Crippen LogP contribution < -0.4 is 5.32 Å². The molecule has 1 N–H and O–H groups in total. The van der Waals surface area contributed by atoms with E-state index in [2.05, 4.69) is 41.5 Å². The van der Waals surface area contributed by atoms with Crippen LogP contribution in [-0.4, -0.2) is 49.1 Å². The first-order chi connectivity index (χ1) is 14.6. The number of benzene rings is 1. The van der Waals surface area contributed by atoms with Crippen LogP contribution in [0.2, 0.25) is 0 Å². The minimum absolute atomic E-state index is 0.00781. The molecule has 158 valence electrons. The van der Waals surface area contributed by atoms with E-state index < -0.39 is 5.41 Å². The summed E-state index contributed by atoms with van der Waals surface area (Å²) >= 11 is 1.71. The van der Waals surface area contributed by atoms with Gasteiger partial charge in [0.1, 0.15) is 6.10 Å². The van der Waals surface area contributed by atoms with Crippen molar-refractivity contribution in [2.75, 3.05) is 26.2 Å². The summed E-state index contributed by atoms with van der Waals surface area (Å²) in [5, 5.41) is 5.05. The Labute approximate surface area is 181 Å². The minimum atomic E-state index is -0.634. The van der Waals surface area contributed by atoms with Crippen LogP contribution in [0.5, 0.6) is 0 Å². The summed E-state index contributed by atoms with van der Waals surface area (Å²) in [6.45, 7) is 5.79. The molecule has 2 amide bonds. The lowest BCUT2D eigenvalue weighted by Gasteiger charge is -2.29. The fraction of sp³-hybridized carbons (Fsp3) is 0.417. The van der Waals surface area contributed by atoms with Gasteiger partial charge < -0.3 is 15.0 Å². The highest BCUT2D eigenvalue weighted by atomic mass is 32.1. The Morgan fingerprint density at radius 2 is 2.23 bits per heavy atom. The van der Waals surface area contributed by atoms with E-state index in [-0.39, 0.29) is 17.9 Å². The molecule has 3 heterocycles. The van der Waals surface area contributed by atoms with Crippen LogP contribution in [0.3, 0.4) is 0 Å². The van der Waals surface area contributed by atoms with Crippen LogP contribution in [0.15, 0.2) is 54.4 Å². The van der Waals surface area contributed by atoms with Crippen LogP contribution in [0, 0.1) is 5.41 Å². The van der Waals surface area contributed by atoms with Crippen molar-refractivity contribution < 1.29 is 14.3 Å². The average Bonchev–Trinajstić information content (AvgIpc) is 3.54. The van der Waals surface area contributed by atoms with Crippen molar-refractivity contribution in [2.24, 2.45) is 5.41 Å². The van der Waals surface area contributed by atoms with Gasteiger partial charge in [0.05, 0.1) is 5.41 Å². The summed E-state index contributed by atoms with van der Waals surface area (Å²) < 4.78 is 5.59. The van der Waals surface area contributed by atoms with Gasteiger partial charge in [-0.05, 0) is 48.3 Å². The molecule has 2 aliphatic rings. The van der Waals surface area contributed by atoms with Crippen LogP contribution in [-0.2, 0) is 20.7 Å². The molecule has 0 spiro atoms. The molecule has 0 aliphatic carbocycles. The molecule has 5 nitrogen and oxygen atoms in total. The molecule has 0 unspecified atom stereocenters. The molecular weight excluding hydrogens is 396 g/mol. The number of hydrogen-bond donors (Lipinski definition) is 1. The lowest BCUT2D eigenvalue weighted by molar-refractivity contribution is -0.141. The minimum Gasteiger partial charge on any atom is -0.368 e. The molecule has 2 aromatic rings. The second-order valence-electron chi connectivity index (χ2n) is 8.14. The second-order valence-corrected chi connectivity index (χ2v) is 9.09. The number of ether oxygens (including phenoxy) is 1. The molecule has 6 heteroatoms. The molecule has 2 saturated heterocycles. The van der Waals surface area contributed by atoms with Gasteiger partial charge in [-0.2, -0.15) is 0 Å². The Kier molecular flexibility index (Phi) is 6.35. The van der Waals surface area contributed by atoms with Gasteiger partial charge in [-0.1, -0.05) is 36.4 Å². The third-order valence-corrected chi connectivity index (χ3v) is 6.95. The number of nitrogens with zero attached hydrogens (tertiary/aromatic N) is 1. The molecular formula is C24H28N2O3S. The van der Waals surface area contributed by atoms with Crippen LogP contribution in [0.25, 0.3) is 10.4 Å². The van der Waals surface area contributed by atoms with Gasteiger partial charge in [0, 0.05) is 31.1 Å². The number of thiophene rings is 1. The number of carbonyl (C=O) groups is 2. The van der Waals surface area contributed by atoms with Gasteiger partial charge in [-0.15, -0.1) is 17.9 Å². The maximum atomic E-state index is 13.2. The topological polar surface area (TPSA) is 58.6 Å². The van der Waals surface area contributed by atoms with Crippen molar-refractivity contribution in [2.45, 2.75) is 31.8 Å². The Balaban J connectivity index is 1.56. The van der Waals surface area contributed by atoms with Crippen molar-refractivity contribution >= 4 is 23.2 Å². The van der Waals surface area contributed by atoms with E-state index in [4.69, 9.17) is 4.74 Å². The molecule has 1 aromatic carbocycles. The molecule has 30 heavy (non-hydrogen) atoms. The maximum Gasteiger partial charge on any atom is 0.251 e. The predicted octanol–water partition coefficient (Wildman–Crippen LogP) is 3.66. The summed E-state index contributed by atoms with van der Waals surface area (Å²) in [5.74, 6) is 0.0183. The number of likely N-dealkylation sites (tertiary alicyclic amines) is 1. The Morgan fingerprint density at radius 3 is 2.97 bits per heavy atom. The molecule has 2 fully saturated rings. The van der Waals surface area contributed by atoms with Crippen LogP contribution >= 0.6 is 11.3 Å². The largest absolute Gasteiger partial charge is 0.368 e. The van der Waals surface area contributed by atoms with Crippen molar-refractivity contribution in [3.05, 3.63) is 60.0 Å². The average molecular weight is 425 g/mol. The highest BCUT2D eigenvalue weighted by Gasteiger charge is 2.47. The lowest BCUT2D eigenvalue weighted by atomic mass is 9.79. The summed E-state index contributed by atoms with van der Waals surface area (Å²) in [6, 6.07) is 12.5. The molecule has 2 atom stereocenters. The van der Waals surface area contributed by atoms with E-state index in [0.29, 0.717) is 39.1 Å². The second kappa shape index (κ2) is 9.14. The van der Waals surface area contributed by atoms with Gasteiger partial charge in [-0.25, -0.2) is 0 Å². The zero-order valence-electron chi connectivity index (χ0n) is 17.1. The first-order valence-electron chi connectivity index (χ1n) is 10.5. The maximum absolute atomic E-state index is 13.2. The highest BCUT2D eigenvalue weighted by molar-refractivity contribution is 7.13. The first kappa shape index (κ1) is 20.8. The summed E-state index contributed by atoms with van der Waals surface area (Å²) in [4.78, 5) is 29.1. The zero-order valence-corrected chi connectivity index (χ0v) is 18.0. The van der Waals surface area contributed by atoms with Crippen LogP contribution in [0.1, 0.15) is 24.8 Å². The van der Waals surface area contributed by atoms with Gasteiger partial charge >= 0.3 is 0 Å². The number of hydrogen-bond acceptors (Lipinski definition) is 4. The predicted molar refractivity (Wildman–Crippen MR) is 119 cm³/mol. The fourth-order valence-electron chi connectivity index (χ4n) is 4.47. The summed E-state index contributed by atoms with van der Waals surface area (Å²) in [5.41, 5.74) is 1.64. The van der Waals surface area contributed by atoms with Crippen molar-refractivity contribution in [1.29, 1.82) is 0 Å². The standard InChI is InChI=1S/C24H28N2O3S/c1-2-11-25-23(28)24(10-12-26(17-24)22(27)20-8-4-13-29-20)16-18-6-3-7-19(15-18)21-9-5-14-30-21/h2-3,5-7,9,14-15,20H,1,4,8,10-13,16-17H2,(H,25,28)/t20-,24+/m0/s1. The van der Waals surface area contributed by atoms with E-state index in [1.165, 1.54) is 4.88 Å². The quantitative estimate of drug-likeness (QED) is 0.690. The highest BCUT2D eigenvalue weighted by Crippen LogP contribution is 2.37. The lowest BCUT2D eigenvalue weighted by Crippen LogP contribution is -2.46. The summed E-state index contributed by atoms with van der Waals surface area (Å²) in [7, 11) is 0. The number of amides is 2. The van der Waals surface area contributed by atoms with Crippen molar-refractivity contribution in [3.63, 3.8) is 0 Å². The monoisotopic (exact) mass is 424 g/mol. The number of rotatable bonds is 7. The fourth-order valence-corrected chi connectivity index (χ4v) is 5.19.